The molecular weight excluding hydrogens is 226 g/mol. The Hall–Kier alpha value is -0.120. The van der Waals surface area contributed by atoms with E-state index in [4.69, 9.17) is 9.47 Å². The van der Waals surface area contributed by atoms with Crippen molar-refractivity contribution in [1.29, 1.82) is 0 Å². The highest BCUT2D eigenvalue weighted by molar-refractivity contribution is 4.84. The summed E-state index contributed by atoms with van der Waals surface area (Å²) < 4.78 is 11.2. The Morgan fingerprint density at radius 1 is 1.22 bits per heavy atom. The molecule has 0 radical (unpaired) electrons. The summed E-state index contributed by atoms with van der Waals surface area (Å²) in [5.41, 5.74) is 0.404. The quantitative estimate of drug-likeness (QED) is 0.644. The van der Waals surface area contributed by atoms with Crippen molar-refractivity contribution < 1.29 is 9.47 Å². The van der Waals surface area contributed by atoms with Crippen LogP contribution in [0.4, 0.5) is 0 Å². The topological polar surface area (TPSA) is 30.5 Å². The summed E-state index contributed by atoms with van der Waals surface area (Å²) in [4.78, 5) is 0. The van der Waals surface area contributed by atoms with Crippen LogP contribution in [0.1, 0.15) is 46.5 Å². The van der Waals surface area contributed by atoms with Gasteiger partial charge >= 0.3 is 0 Å². The van der Waals surface area contributed by atoms with Gasteiger partial charge in [-0.05, 0) is 43.6 Å². The Labute approximate surface area is 113 Å². The number of hydrogen-bond acceptors (Lipinski definition) is 3. The Bertz CT molecular complexity index is 201. The SMILES string of the molecule is CCCOCCC1(CNCC(C)C)CCOCC1. The normalized spacial score (nSPS) is 19.3. The molecule has 0 aliphatic carbocycles. The molecule has 1 aliphatic heterocycles. The number of hydrogen-bond donors (Lipinski definition) is 1. The molecule has 1 saturated heterocycles. The van der Waals surface area contributed by atoms with Gasteiger partial charge in [-0.15, -0.1) is 0 Å². The van der Waals surface area contributed by atoms with E-state index < -0.39 is 0 Å². The minimum absolute atomic E-state index is 0.404. The van der Waals surface area contributed by atoms with Gasteiger partial charge in [0, 0.05) is 33.0 Å². The summed E-state index contributed by atoms with van der Waals surface area (Å²) in [6.07, 6.45) is 4.63. The second kappa shape index (κ2) is 8.89. The first kappa shape index (κ1) is 15.9. The summed E-state index contributed by atoms with van der Waals surface area (Å²) in [6, 6.07) is 0. The molecule has 18 heavy (non-hydrogen) atoms. The minimum atomic E-state index is 0.404. The van der Waals surface area contributed by atoms with E-state index in [1.54, 1.807) is 0 Å². The lowest BCUT2D eigenvalue weighted by Crippen LogP contribution is -2.41. The maximum absolute atomic E-state index is 5.67. The van der Waals surface area contributed by atoms with Gasteiger partial charge < -0.3 is 14.8 Å². The third-order valence-corrected chi connectivity index (χ3v) is 3.73. The van der Waals surface area contributed by atoms with E-state index in [-0.39, 0.29) is 0 Å². The van der Waals surface area contributed by atoms with Crippen LogP contribution in [0.3, 0.4) is 0 Å². The predicted octanol–water partition coefficient (Wildman–Crippen LogP) is 2.85. The van der Waals surface area contributed by atoms with E-state index in [0.717, 1.165) is 51.9 Å². The molecule has 3 nitrogen and oxygen atoms in total. The first-order chi connectivity index (χ1) is 8.68. The minimum Gasteiger partial charge on any atom is -0.381 e. The zero-order valence-corrected chi connectivity index (χ0v) is 12.5. The first-order valence-electron chi connectivity index (χ1n) is 7.55. The second-order valence-electron chi connectivity index (χ2n) is 6.00. The highest BCUT2D eigenvalue weighted by Gasteiger charge is 2.31. The molecule has 0 saturated carbocycles. The van der Waals surface area contributed by atoms with Gasteiger partial charge in [0.25, 0.3) is 0 Å². The van der Waals surface area contributed by atoms with Crippen molar-refractivity contribution in [2.24, 2.45) is 11.3 Å². The van der Waals surface area contributed by atoms with Crippen LogP contribution >= 0.6 is 0 Å². The van der Waals surface area contributed by atoms with Crippen molar-refractivity contribution >= 4 is 0 Å². The van der Waals surface area contributed by atoms with Gasteiger partial charge in [-0.25, -0.2) is 0 Å². The fraction of sp³-hybridized carbons (Fsp3) is 1.00. The molecule has 1 fully saturated rings. The Morgan fingerprint density at radius 2 is 1.94 bits per heavy atom. The van der Waals surface area contributed by atoms with Gasteiger partial charge in [0.2, 0.25) is 0 Å². The molecule has 3 heteroatoms. The van der Waals surface area contributed by atoms with E-state index >= 15 is 0 Å². The highest BCUT2D eigenvalue weighted by Crippen LogP contribution is 2.33. The highest BCUT2D eigenvalue weighted by atomic mass is 16.5. The molecule has 0 atom stereocenters. The lowest BCUT2D eigenvalue weighted by Gasteiger charge is -2.37. The van der Waals surface area contributed by atoms with Crippen LogP contribution < -0.4 is 5.32 Å². The van der Waals surface area contributed by atoms with E-state index in [1.165, 1.54) is 19.3 Å². The zero-order chi connectivity index (χ0) is 13.3. The molecular formula is C15H31NO2. The van der Waals surface area contributed by atoms with Crippen molar-refractivity contribution in [2.75, 3.05) is 39.5 Å². The molecule has 0 aromatic heterocycles. The molecule has 1 N–H and O–H groups in total. The van der Waals surface area contributed by atoms with Crippen LogP contribution in [0.15, 0.2) is 0 Å². The maximum Gasteiger partial charge on any atom is 0.0471 e. The number of nitrogens with one attached hydrogen (secondary N) is 1. The van der Waals surface area contributed by atoms with Crippen molar-refractivity contribution in [1.82, 2.24) is 5.32 Å². The molecule has 108 valence electrons. The largest absolute Gasteiger partial charge is 0.381 e. The summed E-state index contributed by atoms with van der Waals surface area (Å²) >= 11 is 0. The van der Waals surface area contributed by atoms with Crippen molar-refractivity contribution in [3.63, 3.8) is 0 Å². The van der Waals surface area contributed by atoms with Gasteiger partial charge in [0.15, 0.2) is 0 Å². The molecule has 1 rings (SSSR count). The third kappa shape index (κ3) is 6.17. The van der Waals surface area contributed by atoms with Crippen LogP contribution in [0.5, 0.6) is 0 Å². The standard InChI is InChI=1S/C15H31NO2/c1-4-8-17-9-5-15(6-10-18-11-7-15)13-16-12-14(2)3/h14,16H,4-13H2,1-3H3. The molecule has 0 unspecified atom stereocenters. The van der Waals surface area contributed by atoms with Crippen LogP contribution in [-0.2, 0) is 9.47 Å². The van der Waals surface area contributed by atoms with Crippen LogP contribution in [0, 0.1) is 11.3 Å². The lowest BCUT2D eigenvalue weighted by molar-refractivity contribution is -0.00633. The Morgan fingerprint density at radius 3 is 2.56 bits per heavy atom. The molecule has 0 aromatic rings. The molecule has 1 heterocycles. The van der Waals surface area contributed by atoms with E-state index in [2.05, 4.69) is 26.1 Å². The summed E-state index contributed by atoms with van der Waals surface area (Å²) in [5, 5.41) is 3.63. The van der Waals surface area contributed by atoms with Crippen molar-refractivity contribution in [3.8, 4) is 0 Å². The molecule has 0 spiro atoms. The van der Waals surface area contributed by atoms with Crippen LogP contribution in [0.25, 0.3) is 0 Å². The average Bonchev–Trinajstić information content (AvgIpc) is 2.36. The van der Waals surface area contributed by atoms with Gasteiger partial charge in [0.05, 0.1) is 0 Å². The molecule has 0 aromatic carbocycles. The van der Waals surface area contributed by atoms with Crippen LogP contribution in [-0.4, -0.2) is 39.5 Å². The molecule has 0 bridgehead atoms. The Balaban J connectivity index is 2.32. The van der Waals surface area contributed by atoms with Crippen molar-refractivity contribution in [2.45, 2.75) is 46.5 Å². The summed E-state index contributed by atoms with van der Waals surface area (Å²) in [7, 11) is 0. The van der Waals surface area contributed by atoms with Gasteiger partial charge in [-0.1, -0.05) is 20.8 Å². The molecule has 0 amide bonds. The second-order valence-corrected chi connectivity index (χ2v) is 6.00. The van der Waals surface area contributed by atoms with Crippen LogP contribution in [0.2, 0.25) is 0 Å². The zero-order valence-electron chi connectivity index (χ0n) is 12.5. The van der Waals surface area contributed by atoms with Crippen molar-refractivity contribution in [3.05, 3.63) is 0 Å². The smallest absolute Gasteiger partial charge is 0.0471 e. The number of rotatable bonds is 9. The van der Waals surface area contributed by atoms with E-state index in [9.17, 15) is 0 Å². The predicted molar refractivity (Wildman–Crippen MR) is 75.9 cm³/mol. The van der Waals surface area contributed by atoms with Gasteiger partial charge in [-0.2, -0.15) is 0 Å². The van der Waals surface area contributed by atoms with Gasteiger partial charge in [-0.3, -0.25) is 0 Å². The lowest BCUT2D eigenvalue weighted by atomic mass is 9.77. The maximum atomic E-state index is 5.67. The average molecular weight is 257 g/mol. The van der Waals surface area contributed by atoms with E-state index in [0.29, 0.717) is 5.41 Å². The fourth-order valence-electron chi connectivity index (χ4n) is 2.48. The monoisotopic (exact) mass is 257 g/mol. The summed E-state index contributed by atoms with van der Waals surface area (Å²) in [5.74, 6) is 0.721. The molecule has 1 aliphatic rings. The Kier molecular flexibility index (Phi) is 7.87. The third-order valence-electron chi connectivity index (χ3n) is 3.73. The summed E-state index contributed by atoms with van der Waals surface area (Å²) in [6.45, 7) is 12.5. The fourth-order valence-corrected chi connectivity index (χ4v) is 2.48. The first-order valence-corrected chi connectivity index (χ1v) is 7.55. The number of ether oxygens (including phenoxy) is 2. The van der Waals surface area contributed by atoms with E-state index in [1.807, 2.05) is 0 Å². The van der Waals surface area contributed by atoms with Gasteiger partial charge in [0.1, 0.15) is 0 Å².